The SMILES string of the molecule is CC1(C)OB(C(=Cc2cc(Cl)cnc2F)CNC(=O)OCC2c3ccccc3-c3ccccc32)OC1(C)C. The van der Waals surface area contributed by atoms with Crippen molar-refractivity contribution in [1.82, 2.24) is 10.3 Å². The fourth-order valence-corrected chi connectivity index (χ4v) is 4.93. The van der Waals surface area contributed by atoms with Crippen LogP contribution < -0.4 is 5.32 Å². The normalized spacial score (nSPS) is 17.7. The molecule has 38 heavy (non-hydrogen) atoms. The topological polar surface area (TPSA) is 69.7 Å². The Kier molecular flexibility index (Phi) is 7.07. The second-order valence-corrected chi connectivity index (χ2v) is 11.0. The van der Waals surface area contributed by atoms with E-state index in [1.165, 1.54) is 12.3 Å². The lowest BCUT2D eigenvalue weighted by atomic mass is 9.77. The van der Waals surface area contributed by atoms with Crippen LogP contribution in [0, 0.1) is 5.95 Å². The van der Waals surface area contributed by atoms with Crippen LogP contribution in [0.1, 0.15) is 50.3 Å². The van der Waals surface area contributed by atoms with Gasteiger partial charge in [0.2, 0.25) is 5.95 Å². The van der Waals surface area contributed by atoms with E-state index in [0.29, 0.717) is 5.47 Å². The van der Waals surface area contributed by atoms with Gasteiger partial charge in [0.15, 0.2) is 0 Å². The number of nitrogens with zero attached hydrogens (tertiary/aromatic N) is 1. The molecule has 0 unspecified atom stereocenters. The van der Waals surface area contributed by atoms with Crippen LogP contribution in [0.15, 0.2) is 66.3 Å². The summed E-state index contributed by atoms with van der Waals surface area (Å²) in [4.78, 5) is 16.5. The van der Waals surface area contributed by atoms with Gasteiger partial charge >= 0.3 is 13.2 Å². The van der Waals surface area contributed by atoms with Gasteiger partial charge in [-0.25, -0.2) is 9.78 Å². The van der Waals surface area contributed by atoms with Crippen molar-refractivity contribution >= 4 is 30.9 Å². The Morgan fingerprint density at radius 2 is 1.66 bits per heavy atom. The number of aromatic nitrogens is 1. The molecule has 1 aliphatic heterocycles. The number of ether oxygens (including phenoxy) is 1. The van der Waals surface area contributed by atoms with Crippen LogP contribution in [0.5, 0.6) is 0 Å². The smallest absolute Gasteiger partial charge is 0.449 e. The molecule has 9 heteroatoms. The molecule has 196 valence electrons. The summed E-state index contributed by atoms with van der Waals surface area (Å²) in [5.74, 6) is -0.748. The first kappa shape index (κ1) is 26.4. The van der Waals surface area contributed by atoms with Gasteiger partial charge in [0.05, 0.1) is 16.2 Å². The number of amides is 1. The number of pyridine rings is 1. The maximum atomic E-state index is 14.4. The Morgan fingerprint density at radius 3 is 2.26 bits per heavy atom. The molecule has 6 nitrogen and oxygen atoms in total. The number of rotatable bonds is 6. The molecule has 1 fully saturated rings. The zero-order valence-electron chi connectivity index (χ0n) is 21.8. The van der Waals surface area contributed by atoms with Gasteiger partial charge in [-0.15, -0.1) is 0 Å². The van der Waals surface area contributed by atoms with Crippen LogP contribution in [0.4, 0.5) is 9.18 Å². The van der Waals surface area contributed by atoms with Crippen LogP contribution in [0.25, 0.3) is 17.2 Å². The molecule has 0 radical (unpaired) electrons. The molecule has 3 aromatic rings. The first-order chi connectivity index (χ1) is 18.1. The minimum atomic E-state index is -0.813. The highest BCUT2D eigenvalue weighted by atomic mass is 35.5. The first-order valence-electron chi connectivity index (χ1n) is 12.5. The molecule has 0 atom stereocenters. The van der Waals surface area contributed by atoms with Crippen molar-refractivity contribution < 1.29 is 23.2 Å². The number of hydrogen-bond acceptors (Lipinski definition) is 5. The van der Waals surface area contributed by atoms with E-state index in [1.807, 2.05) is 52.0 Å². The summed E-state index contributed by atoms with van der Waals surface area (Å²) < 4.78 is 32.4. The summed E-state index contributed by atoms with van der Waals surface area (Å²) in [5.41, 5.74) is 3.99. The van der Waals surface area contributed by atoms with Gasteiger partial charge in [-0.05, 0) is 61.5 Å². The third-order valence-corrected chi connectivity index (χ3v) is 7.72. The lowest BCUT2D eigenvalue weighted by molar-refractivity contribution is 0.00578. The summed E-state index contributed by atoms with van der Waals surface area (Å²) in [6.45, 7) is 7.88. The molecule has 1 aliphatic carbocycles. The largest absolute Gasteiger partial charge is 0.492 e. The van der Waals surface area contributed by atoms with Crippen LogP contribution in [-0.4, -0.2) is 42.5 Å². The molecular weight excluding hydrogens is 506 g/mol. The predicted octanol–water partition coefficient (Wildman–Crippen LogP) is 6.43. The third kappa shape index (κ3) is 5.08. The Hall–Kier alpha value is -3.20. The van der Waals surface area contributed by atoms with Crippen molar-refractivity contribution in [3.05, 3.63) is 93.9 Å². The van der Waals surface area contributed by atoms with Gasteiger partial charge in [0.25, 0.3) is 0 Å². The molecule has 2 heterocycles. The second-order valence-electron chi connectivity index (χ2n) is 10.5. The number of hydrogen-bond donors (Lipinski definition) is 1. The number of alkyl carbamates (subject to hydrolysis) is 1. The third-order valence-electron chi connectivity index (χ3n) is 7.51. The van der Waals surface area contributed by atoms with E-state index >= 15 is 0 Å². The van der Waals surface area contributed by atoms with Crippen molar-refractivity contribution in [3.63, 3.8) is 0 Å². The maximum Gasteiger partial charge on any atom is 0.492 e. The van der Waals surface area contributed by atoms with E-state index in [9.17, 15) is 9.18 Å². The molecule has 1 aromatic heterocycles. The lowest BCUT2D eigenvalue weighted by Gasteiger charge is -2.32. The first-order valence-corrected chi connectivity index (χ1v) is 12.9. The van der Waals surface area contributed by atoms with Gasteiger partial charge in [0.1, 0.15) is 6.61 Å². The van der Waals surface area contributed by atoms with Crippen molar-refractivity contribution in [2.75, 3.05) is 13.2 Å². The van der Waals surface area contributed by atoms with Gasteiger partial charge in [-0.2, -0.15) is 4.39 Å². The van der Waals surface area contributed by atoms with Crippen molar-refractivity contribution in [1.29, 1.82) is 0 Å². The molecule has 0 saturated carbocycles. The summed E-state index contributed by atoms with van der Waals surface area (Å²) >= 11 is 6.04. The number of halogens is 2. The molecule has 0 bridgehead atoms. The summed E-state index contributed by atoms with van der Waals surface area (Å²) in [6.07, 6.45) is 2.18. The van der Waals surface area contributed by atoms with Gasteiger partial charge in [-0.1, -0.05) is 66.2 Å². The van der Waals surface area contributed by atoms with E-state index in [4.69, 9.17) is 25.6 Å². The van der Waals surface area contributed by atoms with Crippen LogP contribution in [-0.2, 0) is 14.0 Å². The second kappa shape index (κ2) is 10.2. The Labute approximate surface area is 227 Å². The minimum absolute atomic E-state index is 0.0133. The molecule has 5 rings (SSSR count). The number of carbonyl (C=O) groups excluding carboxylic acids is 1. The van der Waals surface area contributed by atoms with Crippen LogP contribution in [0.3, 0.4) is 0 Å². The molecule has 0 spiro atoms. The number of nitrogens with one attached hydrogen (secondary N) is 1. The average molecular weight is 535 g/mol. The fourth-order valence-electron chi connectivity index (χ4n) is 4.76. The van der Waals surface area contributed by atoms with E-state index in [-0.39, 0.29) is 29.7 Å². The van der Waals surface area contributed by atoms with Crippen molar-refractivity contribution in [3.8, 4) is 11.1 Å². The van der Waals surface area contributed by atoms with Crippen molar-refractivity contribution in [2.45, 2.75) is 44.8 Å². The summed E-state index contributed by atoms with van der Waals surface area (Å²) in [6, 6.07) is 17.7. The average Bonchev–Trinajstić information content (AvgIpc) is 3.31. The highest BCUT2D eigenvalue weighted by Gasteiger charge is 2.52. The maximum absolute atomic E-state index is 14.4. The fraction of sp³-hybridized carbons (Fsp3) is 0.310. The van der Waals surface area contributed by atoms with Crippen molar-refractivity contribution in [2.24, 2.45) is 0 Å². The standard InChI is InChI=1S/C29H29BClFN2O4/c1-28(2)29(3,4)38-30(37-28)19(13-18-14-20(31)16-33-26(18)32)15-34-27(35)36-17-25-23-11-7-5-9-21(23)22-10-6-8-12-24(22)25/h5-14,16,25H,15,17H2,1-4H3,(H,34,35). The van der Waals surface area contributed by atoms with Crippen LogP contribution >= 0.6 is 11.6 Å². The highest BCUT2D eigenvalue weighted by molar-refractivity contribution is 6.56. The Balaban J connectivity index is 1.31. The number of benzene rings is 2. The molecule has 1 N–H and O–H groups in total. The molecular formula is C29H29BClFN2O4. The quantitative estimate of drug-likeness (QED) is 0.292. The number of fused-ring (bicyclic) bond motifs is 3. The van der Waals surface area contributed by atoms with Gasteiger partial charge in [0, 0.05) is 24.2 Å². The van der Waals surface area contributed by atoms with Crippen LogP contribution in [0.2, 0.25) is 5.02 Å². The zero-order chi connectivity index (χ0) is 27.1. The summed E-state index contributed by atoms with van der Waals surface area (Å²) in [7, 11) is -0.813. The number of carbonyl (C=O) groups is 1. The molecule has 2 aromatic carbocycles. The van der Waals surface area contributed by atoms with E-state index in [2.05, 4.69) is 34.6 Å². The van der Waals surface area contributed by atoms with E-state index in [1.54, 1.807) is 6.08 Å². The molecule has 2 aliphatic rings. The zero-order valence-corrected chi connectivity index (χ0v) is 22.5. The monoisotopic (exact) mass is 534 g/mol. The highest BCUT2D eigenvalue weighted by Crippen LogP contribution is 2.44. The lowest BCUT2D eigenvalue weighted by Crippen LogP contribution is -2.41. The van der Waals surface area contributed by atoms with Gasteiger partial charge in [-0.3, -0.25) is 0 Å². The Morgan fingerprint density at radius 1 is 1.08 bits per heavy atom. The molecule has 1 saturated heterocycles. The minimum Gasteiger partial charge on any atom is -0.449 e. The Bertz CT molecular complexity index is 1350. The predicted molar refractivity (Wildman–Crippen MR) is 146 cm³/mol. The van der Waals surface area contributed by atoms with E-state index in [0.717, 1.165) is 22.3 Å². The van der Waals surface area contributed by atoms with E-state index < -0.39 is 30.4 Å². The van der Waals surface area contributed by atoms with Gasteiger partial charge < -0.3 is 19.4 Å². The summed E-state index contributed by atoms with van der Waals surface area (Å²) in [5, 5.41) is 3.06. The molecule has 1 amide bonds.